The van der Waals surface area contributed by atoms with Gasteiger partial charge in [0.15, 0.2) is 0 Å². The summed E-state index contributed by atoms with van der Waals surface area (Å²) >= 11 is 0. The van der Waals surface area contributed by atoms with E-state index in [1.807, 2.05) is 25.1 Å². The van der Waals surface area contributed by atoms with Gasteiger partial charge in [0.05, 0.1) is 29.0 Å². The molecule has 0 aliphatic rings. The average molecular weight is 355 g/mol. The molecule has 3 unspecified atom stereocenters. The third-order valence-corrected chi connectivity index (χ3v) is 5.78. The van der Waals surface area contributed by atoms with Crippen molar-refractivity contribution in [3.8, 4) is 6.07 Å². The second-order valence-electron chi connectivity index (χ2n) is 5.73. The molecule has 0 fully saturated rings. The summed E-state index contributed by atoms with van der Waals surface area (Å²) in [5.41, 5.74) is 1.42. The molecule has 0 aliphatic heterocycles. The van der Waals surface area contributed by atoms with Gasteiger partial charge in [0.25, 0.3) is 0 Å². The zero-order chi connectivity index (χ0) is 18.2. The van der Waals surface area contributed by atoms with Crippen LogP contribution in [0.15, 0.2) is 59.5 Å². The fourth-order valence-electron chi connectivity index (χ4n) is 2.72. The predicted molar refractivity (Wildman–Crippen MR) is 97.3 cm³/mol. The van der Waals surface area contributed by atoms with Gasteiger partial charge in [-0.3, -0.25) is 9.00 Å². The van der Waals surface area contributed by atoms with Gasteiger partial charge in [-0.05, 0) is 43.0 Å². The second kappa shape index (κ2) is 9.14. The number of nitriles is 1. The summed E-state index contributed by atoms with van der Waals surface area (Å²) in [6, 6.07) is 18.4. The number of ether oxygens (including phenoxy) is 1. The van der Waals surface area contributed by atoms with E-state index in [4.69, 9.17) is 4.74 Å². The molecule has 0 heterocycles. The summed E-state index contributed by atoms with van der Waals surface area (Å²) in [7, 11) is -1.52. The maximum absolute atomic E-state index is 13.0. The minimum Gasteiger partial charge on any atom is -0.465 e. The van der Waals surface area contributed by atoms with E-state index >= 15 is 0 Å². The van der Waals surface area contributed by atoms with Crippen molar-refractivity contribution in [2.24, 2.45) is 5.92 Å². The van der Waals surface area contributed by atoms with E-state index < -0.39 is 22.0 Å². The standard InChI is InChI=1S/C20H21NO3S/c1-3-24-20(22)19(25(23)18-11-5-4-6-12-18)15(2)13-16-9-7-8-10-17(16)14-21/h4-12,15,19H,3,13H2,1-2H3. The monoisotopic (exact) mass is 355 g/mol. The summed E-state index contributed by atoms with van der Waals surface area (Å²) in [6.45, 7) is 3.84. The molecule has 0 N–H and O–H groups in total. The Labute approximate surface area is 150 Å². The highest BCUT2D eigenvalue weighted by Crippen LogP contribution is 2.23. The molecule has 0 aliphatic carbocycles. The Bertz CT molecular complexity index is 783. The number of carbonyl (C=O) groups excluding carboxylic acids is 1. The zero-order valence-corrected chi connectivity index (χ0v) is 15.2. The van der Waals surface area contributed by atoms with Crippen LogP contribution in [0, 0.1) is 17.2 Å². The summed E-state index contributed by atoms with van der Waals surface area (Å²) in [6.07, 6.45) is 0.478. The lowest BCUT2D eigenvalue weighted by Gasteiger charge is -2.22. The molecule has 25 heavy (non-hydrogen) atoms. The quantitative estimate of drug-likeness (QED) is 0.713. The van der Waals surface area contributed by atoms with E-state index in [2.05, 4.69) is 6.07 Å². The van der Waals surface area contributed by atoms with Gasteiger partial charge in [-0.15, -0.1) is 0 Å². The van der Waals surface area contributed by atoms with Crippen molar-refractivity contribution in [2.45, 2.75) is 30.4 Å². The number of nitrogens with zero attached hydrogens (tertiary/aromatic N) is 1. The minimum absolute atomic E-state index is 0.239. The van der Waals surface area contributed by atoms with E-state index in [1.165, 1.54) is 0 Å². The molecule has 2 aromatic carbocycles. The van der Waals surface area contributed by atoms with Crippen molar-refractivity contribution in [1.82, 2.24) is 0 Å². The highest BCUT2D eigenvalue weighted by Gasteiger charge is 2.33. The molecular weight excluding hydrogens is 334 g/mol. The molecule has 2 aromatic rings. The maximum Gasteiger partial charge on any atom is 0.322 e. The molecule has 4 nitrogen and oxygen atoms in total. The molecule has 5 heteroatoms. The molecule has 0 saturated heterocycles. The molecule has 0 spiro atoms. The first-order valence-electron chi connectivity index (χ1n) is 8.18. The van der Waals surface area contributed by atoms with Crippen molar-refractivity contribution < 1.29 is 13.7 Å². The van der Waals surface area contributed by atoms with Crippen molar-refractivity contribution in [1.29, 1.82) is 5.26 Å². The van der Waals surface area contributed by atoms with Crippen LogP contribution in [-0.2, 0) is 26.8 Å². The van der Waals surface area contributed by atoms with Crippen LogP contribution >= 0.6 is 0 Å². The van der Waals surface area contributed by atoms with Crippen LogP contribution in [0.1, 0.15) is 25.0 Å². The number of hydrogen-bond acceptors (Lipinski definition) is 4. The molecular formula is C20H21NO3S. The number of hydrogen-bond donors (Lipinski definition) is 0. The highest BCUT2D eigenvalue weighted by atomic mass is 32.2. The fourth-order valence-corrected chi connectivity index (χ4v) is 4.20. The molecule has 0 saturated carbocycles. The number of esters is 1. The summed E-state index contributed by atoms with van der Waals surface area (Å²) < 4.78 is 18.2. The van der Waals surface area contributed by atoms with Gasteiger partial charge < -0.3 is 4.74 Å². The van der Waals surface area contributed by atoms with Crippen molar-refractivity contribution >= 4 is 16.8 Å². The molecule has 0 bridgehead atoms. The lowest BCUT2D eigenvalue weighted by molar-refractivity contribution is -0.143. The smallest absolute Gasteiger partial charge is 0.322 e. The predicted octanol–water partition coefficient (Wildman–Crippen LogP) is 3.48. The van der Waals surface area contributed by atoms with Crippen molar-refractivity contribution in [2.75, 3.05) is 6.61 Å². The lowest BCUT2D eigenvalue weighted by Crippen LogP contribution is -2.35. The minimum atomic E-state index is -1.52. The van der Waals surface area contributed by atoms with Crippen LogP contribution < -0.4 is 0 Å². The highest BCUT2D eigenvalue weighted by molar-refractivity contribution is 7.86. The van der Waals surface area contributed by atoms with Crippen LogP contribution in [0.25, 0.3) is 0 Å². The summed E-state index contributed by atoms with van der Waals surface area (Å²) in [5, 5.41) is 8.47. The number of benzene rings is 2. The first-order valence-corrected chi connectivity index (χ1v) is 9.40. The van der Waals surface area contributed by atoms with Crippen LogP contribution in [0.3, 0.4) is 0 Å². The molecule has 2 rings (SSSR count). The van der Waals surface area contributed by atoms with Crippen molar-refractivity contribution in [3.63, 3.8) is 0 Å². The van der Waals surface area contributed by atoms with Gasteiger partial charge in [-0.1, -0.05) is 43.3 Å². The Kier molecular flexibility index (Phi) is 6.91. The third kappa shape index (κ3) is 4.77. The van der Waals surface area contributed by atoms with E-state index in [-0.39, 0.29) is 12.5 Å². The first kappa shape index (κ1) is 18.9. The summed E-state index contributed by atoms with van der Waals surface area (Å²) in [5.74, 6) is -0.707. The number of rotatable bonds is 7. The van der Waals surface area contributed by atoms with Gasteiger partial charge in [-0.25, -0.2) is 0 Å². The summed E-state index contributed by atoms with van der Waals surface area (Å²) in [4.78, 5) is 13.1. The molecule has 130 valence electrons. The Hall–Kier alpha value is -2.45. The van der Waals surface area contributed by atoms with Crippen LogP contribution in [0.4, 0.5) is 0 Å². The average Bonchev–Trinajstić information content (AvgIpc) is 2.63. The van der Waals surface area contributed by atoms with E-state index in [0.717, 1.165) is 5.56 Å². The van der Waals surface area contributed by atoms with Crippen molar-refractivity contribution in [3.05, 3.63) is 65.7 Å². The van der Waals surface area contributed by atoms with Gasteiger partial charge in [0, 0.05) is 4.90 Å². The molecule has 0 amide bonds. The van der Waals surface area contributed by atoms with Gasteiger partial charge in [0.1, 0.15) is 5.25 Å². The molecule has 0 radical (unpaired) electrons. The van der Waals surface area contributed by atoms with E-state index in [0.29, 0.717) is 16.9 Å². The Morgan fingerprint density at radius 3 is 2.44 bits per heavy atom. The third-order valence-electron chi connectivity index (χ3n) is 3.92. The number of carbonyl (C=O) groups is 1. The molecule has 3 atom stereocenters. The van der Waals surface area contributed by atoms with Gasteiger partial charge in [0.2, 0.25) is 0 Å². The van der Waals surface area contributed by atoms with Crippen LogP contribution in [0.2, 0.25) is 0 Å². The zero-order valence-electron chi connectivity index (χ0n) is 14.3. The Morgan fingerprint density at radius 1 is 1.16 bits per heavy atom. The Balaban J connectivity index is 2.30. The maximum atomic E-state index is 13.0. The van der Waals surface area contributed by atoms with Crippen LogP contribution in [-0.4, -0.2) is 22.0 Å². The second-order valence-corrected chi connectivity index (χ2v) is 7.31. The first-order chi connectivity index (χ1) is 12.1. The SMILES string of the molecule is CCOC(=O)C(C(C)Cc1ccccc1C#N)S(=O)c1ccccc1. The molecule has 0 aromatic heterocycles. The Morgan fingerprint density at radius 2 is 1.80 bits per heavy atom. The normalized spacial score (nSPS) is 14.1. The lowest BCUT2D eigenvalue weighted by atomic mass is 9.94. The van der Waals surface area contributed by atoms with E-state index in [1.54, 1.807) is 43.3 Å². The van der Waals surface area contributed by atoms with Crippen LogP contribution in [0.5, 0.6) is 0 Å². The fraction of sp³-hybridized carbons (Fsp3) is 0.300. The van der Waals surface area contributed by atoms with Gasteiger partial charge in [-0.2, -0.15) is 5.26 Å². The van der Waals surface area contributed by atoms with E-state index in [9.17, 15) is 14.3 Å². The largest absolute Gasteiger partial charge is 0.465 e. The van der Waals surface area contributed by atoms with Gasteiger partial charge >= 0.3 is 5.97 Å². The topological polar surface area (TPSA) is 67.2 Å².